The van der Waals surface area contributed by atoms with Crippen LogP contribution in [0.2, 0.25) is 5.02 Å². The van der Waals surface area contributed by atoms with E-state index >= 15 is 0 Å². The number of benzene rings is 1. The Balaban J connectivity index is 0.00000200. The molecule has 0 aliphatic carbocycles. The molecule has 0 saturated carbocycles. The third-order valence-electron chi connectivity index (χ3n) is 2.92. The first-order chi connectivity index (χ1) is 9.15. The molecule has 1 fully saturated rings. The smallest absolute Gasteiger partial charge is 0.221 e. The van der Waals surface area contributed by atoms with Gasteiger partial charge in [-0.2, -0.15) is 0 Å². The summed E-state index contributed by atoms with van der Waals surface area (Å²) in [6.07, 6.45) is 0.425. The lowest BCUT2D eigenvalue weighted by Crippen LogP contribution is -2.44. The molecule has 1 atom stereocenters. The van der Waals surface area contributed by atoms with E-state index in [0.29, 0.717) is 31.2 Å². The quantitative estimate of drug-likeness (QED) is 0.839. The van der Waals surface area contributed by atoms with Crippen LogP contribution in [0, 0.1) is 0 Å². The van der Waals surface area contributed by atoms with Gasteiger partial charge in [0.25, 0.3) is 0 Å². The maximum atomic E-state index is 11.8. The highest BCUT2D eigenvalue weighted by atomic mass is 79.9. The summed E-state index contributed by atoms with van der Waals surface area (Å²) < 4.78 is 6.24. The summed E-state index contributed by atoms with van der Waals surface area (Å²) in [6.45, 7) is 2.55. The Morgan fingerprint density at radius 3 is 3.00 bits per heavy atom. The van der Waals surface area contributed by atoms with Crippen molar-refractivity contribution in [2.75, 3.05) is 19.8 Å². The molecular weight excluding hydrogens is 367 g/mol. The van der Waals surface area contributed by atoms with Gasteiger partial charge in [-0.1, -0.05) is 33.6 Å². The van der Waals surface area contributed by atoms with Gasteiger partial charge in [-0.3, -0.25) is 4.79 Å². The van der Waals surface area contributed by atoms with Crippen LogP contribution in [-0.2, 0) is 16.1 Å². The van der Waals surface area contributed by atoms with Crippen LogP contribution >= 0.6 is 39.9 Å². The molecule has 2 rings (SSSR count). The number of morpholine rings is 1. The summed E-state index contributed by atoms with van der Waals surface area (Å²) in [5.41, 5.74) is 0.908. The van der Waals surface area contributed by atoms with Crippen LogP contribution in [0.1, 0.15) is 12.0 Å². The number of amides is 1. The van der Waals surface area contributed by atoms with Gasteiger partial charge < -0.3 is 15.4 Å². The zero-order valence-corrected chi connectivity index (χ0v) is 14.0. The fourth-order valence-corrected chi connectivity index (χ4v) is 2.65. The van der Waals surface area contributed by atoms with E-state index in [1.807, 2.05) is 18.2 Å². The van der Waals surface area contributed by atoms with E-state index in [2.05, 4.69) is 26.6 Å². The van der Waals surface area contributed by atoms with Gasteiger partial charge in [0.05, 0.1) is 13.2 Å². The van der Waals surface area contributed by atoms with E-state index in [1.165, 1.54) is 0 Å². The summed E-state index contributed by atoms with van der Waals surface area (Å²) in [5, 5.41) is 6.77. The first-order valence-corrected chi connectivity index (χ1v) is 7.34. The zero-order valence-electron chi connectivity index (χ0n) is 10.8. The van der Waals surface area contributed by atoms with E-state index in [9.17, 15) is 4.79 Å². The Kier molecular flexibility index (Phi) is 7.84. The number of ether oxygens (including phenoxy) is 1. The summed E-state index contributed by atoms with van der Waals surface area (Å²) >= 11 is 9.44. The van der Waals surface area contributed by atoms with Crippen LogP contribution in [0.5, 0.6) is 0 Å². The summed E-state index contributed by atoms with van der Waals surface area (Å²) in [6, 6.07) is 5.73. The predicted molar refractivity (Wildman–Crippen MR) is 85.5 cm³/mol. The highest BCUT2D eigenvalue weighted by Gasteiger charge is 2.16. The molecule has 112 valence electrons. The summed E-state index contributed by atoms with van der Waals surface area (Å²) in [5.74, 6) is 0.00184. The number of hydrogen-bond donors (Lipinski definition) is 2. The molecule has 1 unspecified atom stereocenters. The molecule has 1 heterocycles. The molecule has 1 aliphatic rings. The van der Waals surface area contributed by atoms with Crippen molar-refractivity contribution in [3.8, 4) is 0 Å². The monoisotopic (exact) mass is 382 g/mol. The van der Waals surface area contributed by atoms with Crippen LogP contribution in [0.25, 0.3) is 0 Å². The molecule has 0 spiro atoms. The van der Waals surface area contributed by atoms with Gasteiger partial charge in [0.1, 0.15) is 0 Å². The standard InChI is InChI=1S/C13H16BrClN2O2.ClH/c14-10-2-1-9(12(15)5-10)7-17-13(18)6-11-8-19-4-3-16-11;/h1-2,5,11,16H,3-4,6-8H2,(H,17,18);1H. The van der Waals surface area contributed by atoms with E-state index in [-0.39, 0.29) is 24.4 Å². The van der Waals surface area contributed by atoms with Crippen LogP contribution in [-0.4, -0.2) is 31.7 Å². The molecule has 1 amide bonds. The number of carbonyl (C=O) groups excluding carboxylic acids is 1. The first kappa shape index (κ1) is 17.7. The van der Waals surface area contributed by atoms with E-state index < -0.39 is 0 Å². The molecule has 0 radical (unpaired) electrons. The van der Waals surface area contributed by atoms with Crippen LogP contribution in [0.4, 0.5) is 0 Å². The number of halogens is 3. The SMILES string of the molecule is Cl.O=C(CC1COCCN1)NCc1ccc(Br)cc1Cl. The van der Waals surface area contributed by atoms with Crippen molar-refractivity contribution in [3.05, 3.63) is 33.3 Å². The molecular formula is C13H17BrCl2N2O2. The number of carbonyl (C=O) groups is 1. The molecule has 1 aliphatic heterocycles. The van der Waals surface area contributed by atoms with E-state index in [0.717, 1.165) is 16.6 Å². The van der Waals surface area contributed by atoms with E-state index in [4.69, 9.17) is 16.3 Å². The topological polar surface area (TPSA) is 50.4 Å². The van der Waals surface area contributed by atoms with Gasteiger partial charge in [-0.15, -0.1) is 12.4 Å². The van der Waals surface area contributed by atoms with Crippen molar-refractivity contribution in [2.24, 2.45) is 0 Å². The Bertz CT molecular complexity index is 454. The van der Waals surface area contributed by atoms with Crippen molar-refractivity contribution in [2.45, 2.75) is 19.0 Å². The minimum atomic E-state index is 0. The molecule has 1 saturated heterocycles. The van der Waals surface area contributed by atoms with Crippen molar-refractivity contribution < 1.29 is 9.53 Å². The maximum absolute atomic E-state index is 11.8. The van der Waals surface area contributed by atoms with Gasteiger partial charge in [-0.25, -0.2) is 0 Å². The first-order valence-electron chi connectivity index (χ1n) is 6.17. The van der Waals surface area contributed by atoms with Gasteiger partial charge in [0, 0.05) is 35.0 Å². The van der Waals surface area contributed by atoms with Crippen LogP contribution in [0.3, 0.4) is 0 Å². The average molecular weight is 384 g/mol. The van der Waals surface area contributed by atoms with Gasteiger partial charge in [0.15, 0.2) is 0 Å². The second-order valence-electron chi connectivity index (χ2n) is 4.44. The van der Waals surface area contributed by atoms with Gasteiger partial charge in [0.2, 0.25) is 5.91 Å². The highest BCUT2D eigenvalue weighted by molar-refractivity contribution is 9.10. The van der Waals surface area contributed by atoms with Crippen LogP contribution in [0.15, 0.2) is 22.7 Å². The fraction of sp³-hybridized carbons (Fsp3) is 0.462. The lowest BCUT2D eigenvalue weighted by Gasteiger charge is -2.23. The van der Waals surface area contributed by atoms with Crippen molar-refractivity contribution >= 4 is 45.8 Å². The Morgan fingerprint density at radius 2 is 2.35 bits per heavy atom. The largest absolute Gasteiger partial charge is 0.378 e. The molecule has 0 bridgehead atoms. The Hall–Kier alpha value is -0.330. The van der Waals surface area contributed by atoms with Crippen molar-refractivity contribution in [1.82, 2.24) is 10.6 Å². The number of hydrogen-bond acceptors (Lipinski definition) is 3. The molecule has 7 heteroatoms. The predicted octanol–water partition coefficient (Wildman–Crippen LogP) is 2.52. The van der Waals surface area contributed by atoms with Crippen molar-refractivity contribution in [1.29, 1.82) is 0 Å². The summed E-state index contributed by atoms with van der Waals surface area (Å²) in [7, 11) is 0. The zero-order chi connectivity index (χ0) is 13.7. The van der Waals surface area contributed by atoms with Crippen molar-refractivity contribution in [3.63, 3.8) is 0 Å². The van der Waals surface area contributed by atoms with Crippen LogP contribution < -0.4 is 10.6 Å². The maximum Gasteiger partial charge on any atom is 0.221 e. The minimum Gasteiger partial charge on any atom is -0.378 e. The molecule has 4 nitrogen and oxygen atoms in total. The third kappa shape index (κ3) is 5.58. The summed E-state index contributed by atoms with van der Waals surface area (Å²) in [4.78, 5) is 11.8. The van der Waals surface area contributed by atoms with Gasteiger partial charge >= 0.3 is 0 Å². The molecule has 1 aromatic carbocycles. The number of rotatable bonds is 4. The average Bonchev–Trinajstić information content (AvgIpc) is 2.39. The second kappa shape index (κ2) is 8.85. The Morgan fingerprint density at radius 1 is 1.55 bits per heavy atom. The molecule has 0 aromatic heterocycles. The normalized spacial score (nSPS) is 18.2. The lowest BCUT2D eigenvalue weighted by molar-refractivity contribution is -0.122. The fourth-order valence-electron chi connectivity index (χ4n) is 1.91. The molecule has 2 N–H and O–H groups in total. The minimum absolute atomic E-state index is 0. The lowest BCUT2D eigenvalue weighted by atomic mass is 10.2. The molecule has 1 aromatic rings. The van der Waals surface area contributed by atoms with E-state index in [1.54, 1.807) is 0 Å². The third-order valence-corrected chi connectivity index (χ3v) is 3.77. The highest BCUT2D eigenvalue weighted by Crippen LogP contribution is 2.21. The second-order valence-corrected chi connectivity index (χ2v) is 5.77. The van der Waals surface area contributed by atoms with Gasteiger partial charge in [-0.05, 0) is 17.7 Å². The molecule has 20 heavy (non-hydrogen) atoms. The Labute approximate surface area is 138 Å². The number of nitrogens with one attached hydrogen (secondary N) is 2.